The van der Waals surface area contributed by atoms with Crippen molar-refractivity contribution in [2.45, 2.75) is 20.3 Å². The molecule has 0 saturated heterocycles. The van der Waals surface area contributed by atoms with Gasteiger partial charge in [0.05, 0.1) is 12.8 Å². The molecule has 0 aromatic carbocycles. The van der Waals surface area contributed by atoms with Gasteiger partial charge in [-0.25, -0.2) is 9.37 Å². The van der Waals surface area contributed by atoms with Crippen LogP contribution >= 0.6 is 0 Å². The van der Waals surface area contributed by atoms with E-state index in [-0.39, 0.29) is 5.82 Å². The third kappa shape index (κ3) is 5.27. The van der Waals surface area contributed by atoms with Gasteiger partial charge in [0.25, 0.3) is 0 Å². The Labute approximate surface area is 107 Å². The van der Waals surface area contributed by atoms with Gasteiger partial charge in [-0.2, -0.15) is 4.98 Å². The Hall–Kier alpha value is -1.43. The Morgan fingerprint density at radius 2 is 2.17 bits per heavy atom. The highest BCUT2D eigenvalue weighted by molar-refractivity contribution is 5.40. The molecule has 0 aliphatic rings. The van der Waals surface area contributed by atoms with E-state index in [2.05, 4.69) is 34.4 Å². The van der Waals surface area contributed by atoms with Gasteiger partial charge >= 0.3 is 0 Å². The number of hydrogen-bond acceptors (Lipinski definition) is 5. The predicted molar refractivity (Wildman–Crippen MR) is 70.3 cm³/mol. The second kappa shape index (κ2) is 7.81. The van der Waals surface area contributed by atoms with Gasteiger partial charge in [-0.15, -0.1) is 0 Å². The van der Waals surface area contributed by atoms with E-state index in [9.17, 15) is 4.39 Å². The number of hydrogen-bond donors (Lipinski definition) is 2. The Balaban J connectivity index is 2.26. The summed E-state index contributed by atoms with van der Waals surface area (Å²) in [5.41, 5.74) is 0. The minimum atomic E-state index is -0.462. The molecule has 1 heterocycles. The van der Waals surface area contributed by atoms with Crippen molar-refractivity contribution in [3.63, 3.8) is 0 Å². The molecule has 1 aromatic heterocycles. The second-order valence-electron chi connectivity index (χ2n) is 4.36. The van der Waals surface area contributed by atoms with Crippen LogP contribution in [0, 0.1) is 11.7 Å². The molecule has 0 radical (unpaired) electrons. The van der Waals surface area contributed by atoms with Crippen LogP contribution in [0.15, 0.2) is 6.20 Å². The summed E-state index contributed by atoms with van der Waals surface area (Å²) in [6, 6.07) is 0. The number of halogens is 1. The molecule has 0 amide bonds. The molecule has 1 rings (SSSR count). The Morgan fingerprint density at radius 3 is 2.83 bits per heavy atom. The fourth-order valence-corrected chi connectivity index (χ4v) is 1.27. The van der Waals surface area contributed by atoms with Crippen molar-refractivity contribution < 1.29 is 9.13 Å². The van der Waals surface area contributed by atoms with Crippen molar-refractivity contribution in [1.82, 2.24) is 9.97 Å². The van der Waals surface area contributed by atoms with Gasteiger partial charge in [-0.05, 0) is 12.3 Å². The van der Waals surface area contributed by atoms with Crippen LogP contribution in [0.4, 0.5) is 16.2 Å². The molecule has 1 aromatic rings. The summed E-state index contributed by atoms with van der Waals surface area (Å²) in [6.45, 7) is 6.09. The minimum absolute atomic E-state index is 0.196. The molecule has 6 heteroatoms. The molecule has 0 spiro atoms. The highest BCUT2D eigenvalue weighted by atomic mass is 19.1. The first kappa shape index (κ1) is 14.6. The van der Waals surface area contributed by atoms with Gasteiger partial charge in [0.15, 0.2) is 11.6 Å². The molecule has 0 bridgehead atoms. The quantitative estimate of drug-likeness (QED) is 0.698. The first-order chi connectivity index (χ1) is 8.63. The van der Waals surface area contributed by atoms with E-state index >= 15 is 0 Å². The Bertz CT molecular complexity index is 360. The van der Waals surface area contributed by atoms with Crippen LogP contribution < -0.4 is 10.6 Å². The third-order valence-corrected chi connectivity index (χ3v) is 2.35. The summed E-state index contributed by atoms with van der Waals surface area (Å²) >= 11 is 0. The van der Waals surface area contributed by atoms with Crippen LogP contribution in [0.2, 0.25) is 0 Å². The minimum Gasteiger partial charge on any atom is -0.380 e. The molecule has 5 nitrogen and oxygen atoms in total. The first-order valence-corrected chi connectivity index (χ1v) is 6.15. The molecule has 0 unspecified atom stereocenters. The van der Waals surface area contributed by atoms with Crippen molar-refractivity contribution in [2.24, 2.45) is 5.92 Å². The van der Waals surface area contributed by atoms with Crippen LogP contribution in [0.1, 0.15) is 20.3 Å². The lowest BCUT2D eigenvalue weighted by atomic mass is 10.1. The molecule has 0 saturated carbocycles. The maximum Gasteiger partial charge on any atom is 0.224 e. The zero-order valence-electron chi connectivity index (χ0n) is 11.2. The summed E-state index contributed by atoms with van der Waals surface area (Å²) in [6.07, 6.45) is 2.17. The molecular weight excluding hydrogens is 235 g/mol. The number of ether oxygens (including phenoxy) is 1. The van der Waals surface area contributed by atoms with Gasteiger partial charge in [-0.1, -0.05) is 13.8 Å². The van der Waals surface area contributed by atoms with Gasteiger partial charge in [0.1, 0.15) is 0 Å². The monoisotopic (exact) mass is 256 g/mol. The summed E-state index contributed by atoms with van der Waals surface area (Å²) in [4.78, 5) is 7.74. The van der Waals surface area contributed by atoms with Crippen molar-refractivity contribution in [1.29, 1.82) is 0 Å². The van der Waals surface area contributed by atoms with Crippen molar-refractivity contribution in [3.8, 4) is 0 Å². The second-order valence-corrected chi connectivity index (χ2v) is 4.36. The van der Waals surface area contributed by atoms with Crippen molar-refractivity contribution in [3.05, 3.63) is 12.0 Å². The average Bonchev–Trinajstić information content (AvgIpc) is 2.35. The maximum absolute atomic E-state index is 13.3. The lowest BCUT2D eigenvalue weighted by Crippen LogP contribution is -2.13. The van der Waals surface area contributed by atoms with E-state index in [1.54, 1.807) is 7.05 Å². The maximum atomic E-state index is 13.3. The number of aromatic nitrogens is 2. The molecule has 102 valence electrons. The standard InChI is InChI=1S/C12H21FN4O/c1-9(2)4-6-18-7-5-15-11-10(13)8-16-12(14-3)17-11/h8-9H,4-7H2,1-3H3,(H2,14,15,16,17). The fraction of sp³-hybridized carbons (Fsp3) is 0.667. The van der Waals surface area contributed by atoms with E-state index in [0.717, 1.165) is 19.2 Å². The topological polar surface area (TPSA) is 59.1 Å². The van der Waals surface area contributed by atoms with Crippen LogP contribution in [0.5, 0.6) is 0 Å². The highest BCUT2D eigenvalue weighted by Gasteiger charge is 2.05. The summed E-state index contributed by atoms with van der Waals surface area (Å²) in [5, 5.41) is 5.64. The number of nitrogens with zero attached hydrogens (tertiary/aromatic N) is 2. The molecule has 18 heavy (non-hydrogen) atoms. The van der Waals surface area contributed by atoms with E-state index in [4.69, 9.17) is 4.74 Å². The average molecular weight is 256 g/mol. The van der Waals surface area contributed by atoms with E-state index in [1.807, 2.05) is 0 Å². The van der Waals surface area contributed by atoms with Crippen LogP contribution in [-0.4, -0.2) is 36.8 Å². The van der Waals surface area contributed by atoms with Gasteiger partial charge < -0.3 is 15.4 Å². The smallest absolute Gasteiger partial charge is 0.224 e. The Morgan fingerprint density at radius 1 is 1.39 bits per heavy atom. The normalized spacial score (nSPS) is 10.7. The summed E-state index contributed by atoms with van der Waals surface area (Å²) in [5.74, 6) is 0.757. The van der Waals surface area contributed by atoms with Crippen LogP contribution in [0.25, 0.3) is 0 Å². The number of anilines is 2. The lowest BCUT2D eigenvalue weighted by Gasteiger charge is -2.09. The molecule has 2 N–H and O–H groups in total. The SMILES string of the molecule is CNc1ncc(F)c(NCCOCCC(C)C)n1. The van der Waals surface area contributed by atoms with Gasteiger partial charge in [0, 0.05) is 20.2 Å². The van der Waals surface area contributed by atoms with Crippen LogP contribution in [0.3, 0.4) is 0 Å². The lowest BCUT2D eigenvalue weighted by molar-refractivity contribution is 0.132. The first-order valence-electron chi connectivity index (χ1n) is 6.15. The molecular formula is C12H21FN4O. The third-order valence-electron chi connectivity index (χ3n) is 2.35. The van der Waals surface area contributed by atoms with Crippen LogP contribution in [-0.2, 0) is 4.74 Å². The number of nitrogens with one attached hydrogen (secondary N) is 2. The predicted octanol–water partition coefficient (Wildman–Crippen LogP) is 2.13. The molecule has 0 aliphatic carbocycles. The summed E-state index contributed by atoms with van der Waals surface area (Å²) < 4.78 is 18.7. The zero-order chi connectivity index (χ0) is 13.4. The molecule has 0 atom stereocenters. The molecule has 0 fully saturated rings. The zero-order valence-corrected chi connectivity index (χ0v) is 11.2. The Kier molecular flexibility index (Phi) is 6.35. The highest BCUT2D eigenvalue weighted by Crippen LogP contribution is 2.10. The van der Waals surface area contributed by atoms with Crippen molar-refractivity contribution >= 4 is 11.8 Å². The van der Waals surface area contributed by atoms with Crippen molar-refractivity contribution in [2.75, 3.05) is 37.4 Å². The van der Waals surface area contributed by atoms with Gasteiger partial charge in [0.2, 0.25) is 5.95 Å². The van der Waals surface area contributed by atoms with E-state index < -0.39 is 5.82 Å². The molecule has 0 aliphatic heterocycles. The number of rotatable bonds is 8. The van der Waals surface area contributed by atoms with Gasteiger partial charge in [-0.3, -0.25) is 0 Å². The van der Waals surface area contributed by atoms with E-state index in [0.29, 0.717) is 25.0 Å². The van der Waals surface area contributed by atoms with E-state index in [1.165, 1.54) is 0 Å². The largest absolute Gasteiger partial charge is 0.380 e. The fourth-order valence-electron chi connectivity index (χ4n) is 1.27. The summed E-state index contributed by atoms with van der Waals surface area (Å²) in [7, 11) is 1.69.